The molecule has 16 heavy (non-hydrogen) atoms. The topological polar surface area (TPSA) is 4.93 Å². The lowest BCUT2D eigenvalue weighted by atomic mass is 9.85. The second-order valence-corrected chi connectivity index (χ2v) is 5.18. The lowest BCUT2D eigenvalue weighted by molar-refractivity contribution is 0.574. The third kappa shape index (κ3) is 1.17. The van der Waals surface area contributed by atoms with Gasteiger partial charge >= 0.3 is 0 Å². The Hall–Kier alpha value is -1.24. The number of nitrogens with zero attached hydrogens (tertiary/aromatic N) is 1. The number of aromatic nitrogens is 1. The standard InChI is InChI=1S/C15H19N/c1-10-6-4-8-12-14(10)15-11(2)7-5-9-13(15)16(12)3/h4,6,8,11H,5,7,9H2,1-3H3. The molecule has 0 spiro atoms. The number of benzene rings is 1. The van der Waals surface area contributed by atoms with E-state index in [4.69, 9.17) is 0 Å². The predicted molar refractivity (Wildman–Crippen MR) is 69.0 cm³/mol. The SMILES string of the molecule is Cc1cccc2c1c1c(n2C)CCCC1C. The maximum absolute atomic E-state index is 2.41. The molecule has 1 nitrogen and oxygen atoms in total. The predicted octanol–water partition coefficient (Wildman–Crippen LogP) is 3.93. The lowest BCUT2D eigenvalue weighted by Gasteiger charge is -2.20. The lowest BCUT2D eigenvalue weighted by Crippen LogP contribution is -2.08. The summed E-state index contributed by atoms with van der Waals surface area (Å²) in [7, 11) is 2.22. The molecule has 2 aromatic rings. The minimum absolute atomic E-state index is 0.730. The van der Waals surface area contributed by atoms with Crippen LogP contribution in [0.25, 0.3) is 10.9 Å². The van der Waals surface area contributed by atoms with Crippen LogP contribution in [-0.2, 0) is 13.5 Å². The molecule has 1 heteroatoms. The maximum atomic E-state index is 2.41. The van der Waals surface area contributed by atoms with Gasteiger partial charge in [-0.1, -0.05) is 19.1 Å². The van der Waals surface area contributed by atoms with E-state index < -0.39 is 0 Å². The van der Waals surface area contributed by atoms with Crippen molar-refractivity contribution in [3.05, 3.63) is 35.0 Å². The molecule has 0 amide bonds. The Bertz CT molecular complexity index is 548. The Labute approximate surface area is 97.1 Å². The molecule has 0 radical (unpaired) electrons. The van der Waals surface area contributed by atoms with E-state index in [9.17, 15) is 0 Å². The van der Waals surface area contributed by atoms with E-state index >= 15 is 0 Å². The summed E-state index contributed by atoms with van der Waals surface area (Å²) < 4.78 is 2.41. The molecule has 3 rings (SSSR count). The van der Waals surface area contributed by atoms with E-state index in [0.717, 1.165) is 5.92 Å². The van der Waals surface area contributed by atoms with Crippen LogP contribution in [0, 0.1) is 6.92 Å². The van der Waals surface area contributed by atoms with Gasteiger partial charge in [-0.05, 0) is 49.3 Å². The second-order valence-electron chi connectivity index (χ2n) is 5.18. The zero-order valence-electron chi connectivity index (χ0n) is 10.4. The first kappa shape index (κ1) is 9.95. The zero-order valence-corrected chi connectivity index (χ0v) is 10.4. The van der Waals surface area contributed by atoms with Crippen molar-refractivity contribution < 1.29 is 0 Å². The zero-order chi connectivity index (χ0) is 11.3. The largest absolute Gasteiger partial charge is 0.347 e. The van der Waals surface area contributed by atoms with Crippen LogP contribution in [0.2, 0.25) is 0 Å². The fourth-order valence-corrected chi connectivity index (χ4v) is 3.31. The molecule has 0 bridgehead atoms. The maximum Gasteiger partial charge on any atom is 0.0485 e. The monoisotopic (exact) mass is 213 g/mol. The van der Waals surface area contributed by atoms with Crippen molar-refractivity contribution >= 4 is 10.9 Å². The fourth-order valence-electron chi connectivity index (χ4n) is 3.31. The summed E-state index contributed by atoms with van der Waals surface area (Å²) >= 11 is 0. The molecule has 1 aliphatic rings. The van der Waals surface area contributed by atoms with Gasteiger partial charge in [0.05, 0.1) is 0 Å². The Morgan fingerprint density at radius 1 is 1.31 bits per heavy atom. The van der Waals surface area contributed by atoms with Crippen LogP contribution in [0.3, 0.4) is 0 Å². The number of rotatable bonds is 0. The fraction of sp³-hybridized carbons (Fsp3) is 0.467. The van der Waals surface area contributed by atoms with Gasteiger partial charge in [0.15, 0.2) is 0 Å². The third-order valence-corrected chi connectivity index (χ3v) is 4.14. The highest BCUT2D eigenvalue weighted by molar-refractivity contribution is 5.89. The number of hydrogen-bond acceptors (Lipinski definition) is 0. The van der Waals surface area contributed by atoms with Crippen molar-refractivity contribution in [2.75, 3.05) is 0 Å². The van der Waals surface area contributed by atoms with Crippen LogP contribution in [0.1, 0.15) is 42.5 Å². The van der Waals surface area contributed by atoms with Crippen molar-refractivity contribution in [1.82, 2.24) is 4.57 Å². The summed E-state index contributed by atoms with van der Waals surface area (Å²) in [6.07, 6.45) is 3.95. The van der Waals surface area contributed by atoms with Crippen LogP contribution in [0.15, 0.2) is 18.2 Å². The summed E-state index contributed by atoms with van der Waals surface area (Å²) in [5.74, 6) is 0.730. The normalized spacial score (nSPS) is 20.1. The molecule has 0 saturated carbocycles. The quantitative estimate of drug-likeness (QED) is 0.625. The van der Waals surface area contributed by atoms with Gasteiger partial charge in [-0.15, -0.1) is 0 Å². The van der Waals surface area contributed by atoms with Crippen molar-refractivity contribution in [3.63, 3.8) is 0 Å². The molecule has 1 aromatic carbocycles. The summed E-state index contributed by atoms with van der Waals surface area (Å²) in [4.78, 5) is 0. The average molecular weight is 213 g/mol. The molecule has 0 N–H and O–H groups in total. The van der Waals surface area contributed by atoms with Gasteiger partial charge in [-0.25, -0.2) is 0 Å². The van der Waals surface area contributed by atoms with E-state index in [1.54, 1.807) is 11.3 Å². The first-order chi connectivity index (χ1) is 7.70. The van der Waals surface area contributed by atoms with Gasteiger partial charge in [0.25, 0.3) is 0 Å². The molecule has 1 aliphatic carbocycles. The van der Waals surface area contributed by atoms with Gasteiger partial charge in [0.1, 0.15) is 0 Å². The third-order valence-electron chi connectivity index (χ3n) is 4.14. The average Bonchev–Trinajstić information content (AvgIpc) is 2.56. The van der Waals surface area contributed by atoms with Gasteiger partial charge in [0, 0.05) is 23.6 Å². The van der Waals surface area contributed by atoms with Crippen LogP contribution < -0.4 is 0 Å². The van der Waals surface area contributed by atoms with Crippen LogP contribution in [0.5, 0.6) is 0 Å². The molecule has 84 valence electrons. The highest BCUT2D eigenvalue weighted by Gasteiger charge is 2.23. The second kappa shape index (κ2) is 3.38. The summed E-state index contributed by atoms with van der Waals surface area (Å²) in [6.45, 7) is 4.62. The molecule has 1 heterocycles. The highest BCUT2D eigenvalue weighted by atomic mass is 15.0. The van der Waals surface area contributed by atoms with Crippen molar-refractivity contribution in [1.29, 1.82) is 0 Å². The number of aryl methyl sites for hydroxylation is 2. The number of hydrogen-bond donors (Lipinski definition) is 0. The molecular formula is C15H19N. The van der Waals surface area contributed by atoms with Crippen molar-refractivity contribution in [2.45, 2.75) is 39.0 Å². The minimum atomic E-state index is 0.730. The first-order valence-corrected chi connectivity index (χ1v) is 6.27. The van der Waals surface area contributed by atoms with Crippen LogP contribution >= 0.6 is 0 Å². The van der Waals surface area contributed by atoms with E-state index in [0.29, 0.717) is 0 Å². The van der Waals surface area contributed by atoms with Gasteiger partial charge in [0.2, 0.25) is 0 Å². The van der Waals surface area contributed by atoms with E-state index in [-0.39, 0.29) is 0 Å². The summed E-state index contributed by atoms with van der Waals surface area (Å²) in [5.41, 5.74) is 6.05. The Kier molecular flexibility index (Phi) is 2.10. The Morgan fingerprint density at radius 3 is 2.94 bits per heavy atom. The van der Waals surface area contributed by atoms with Gasteiger partial charge in [-0.2, -0.15) is 0 Å². The Morgan fingerprint density at radius 2 is 2.12 bits per heavy atom. The number of fused-ring (bicyclic) bond motifs is 3. The van der Waals surface area contributed by atoms with Crippen molar-refractivity contribution in [3.8, 4) is 0 Å². The molecule has 0 fully saturated rings. The molecule has 1 atom stereocenters. The highest BCUT2D eigenvalue weighted by Crippen LogP contribution is 2.39. The molecular weight excluding hydrogens is 194 g/mol. The van der Waals surface area contributed by atoms with Gasteiger partial charge in [-0.3, -0.25) is 0 Å². The Balaban J connectivity index is 2.45. The van der Waals surface area contributed by atoms with Gasteiger partial charge < -0.3 is 4.57 Å². The molecule has 0 aliphatic heterocycles. The van der Waals surface area contributed by atoms with E-state index in [2.05, 4.69) is 43.7 Å². The van der Waals surface area contributed by atoms with Crippen LogP contribution in [0.4, 0.5) is 0 Å². The molecule has 0 saturated heterocycles. The van der Waals surface area contributed by atoms with E-state index in [1.165, 1.54) is 35.7 Å². The smallest absolute Gasteiger partial charge is 0.0485 e. The van der Waals surface area contributed by atoms with Crippen molar-refractivity contribution in [2.24, 2.45) is 7.05 Å². The molecule has 1 aromatic heterocycles. The minimum Gasteiger partial charge on any atom is -0.347 e. The van der Waals surface area contributed by atoms with Crippen LogP contribution in [-0.4, -0.2) is 4.57 Å². The first-order valence-electron chi connectivity index (χ1n) is 6.27. The summed E-state index contributed by atoms with van der Waals surface area (Å²) in [5, 5.41) is 1.52. The van der Waals surface area contributed by atoms with E-state index in [1.807, 2.05) is 0 Å². The molecule has 1 unspecified atom stereocenters. The summed E-state index contributed by atoms with van der Waals surface area (Å²) in [6, 6.07) is 6.67.